The second kappa shape index (κ2) is 75.3. The molecule has 1 rings (SSSR count). The molecule has 7 unspecified atom stereocenters. The first-order valence-corrected chi connectivity index (χ1v) is 43.1. The Kier molecular flexibility index (Phi) is 72.7. The summed E-state index contributed by atoms with van der Waals surface area (Å²) < 4.78 is 11.4. The lowest BCUT2D eigenvalue weighted by Crippen LogP contribution is -2.60. The number of nitrogens with one attached hydrogen (secondary N) is 1. The molecule has 1 amide bonds. The predicted octanol–water partition coefficient (Wildman–Crippen LogP) is 25.1. The first kappa shape index (κ1) is 91.7. The van der Waals surface area contributed by atoms with Crippen LogP contribution in [0.3, 0.4) is 0 Å². The first-order chi connectivity index (χ1) is 46.8. The minimum atomic E-state index is -1.57. The van der Waals surface area contributed by atoms with E-state index in [0.29, 0.717) is 6.42 Å². The van der Waals surface area contributed by atoms with Crippen LogP contribution < -0.4 is 5.32 Å². The Bertz CT molecular complexity index is 1560. The summed E-state index contributed by atoms with van der Waals surface area (Å²) in [5.41, 5.74) is 0. The third-order valence-corrected chi connectivity index (χ3v) is 21.0. The summed E-state index contributed by atoms with van der Waals surface area (Å²) in [6.07, 6.45) is 95.1. The monoisotopic (exact) mass is 1340 g/mol. The van der Waals surface area contributed by atoms with Crippen LogP contribution in [0.4, 0.5) is 0 Å². The highest BCUT2D eigenvalue weighted by Crippen LogP contribution is 2.24. The van der Waals surface area contributed by atoms with Crippen LogP contribution in [-0.4, -0.2) is 87.5 Å². The molecule has 1 saturated heterocycles. The molecular weight excluding hydrogens is 1170 g/mol. The SMILES string of the molecule is CCCCCCCCCC/C=C\CCCCCCCCCCCCCCCCCCCCCCCCCCCCCCCC(=O)NC(COC1OC(CO)C(O)C(O)C1O)C(O)/C=C/CCCCCCCCCCCCCCCCCCCCCCCCCCCCCCC. The number of amides is 1. The van der Waals surface area contributed by atoms with Crippen molar-refractivity contribution in [1.29, 1.82) is 0 Å². The fourth-order valence-corrected chi connectivity index (χ4v) is 14.3. The average molecular weight is 1340 g/mol. The number of allylic oxidation sites excluding steroid dienone is 3. The number of hydrogen-bond acceptors (Lipinski definition) is 8. The van der Waals surface area contributed by atoms with Gasteiger partial charge in [0.1, 0.15) is 24.4 Å². The number of carbonyl (C=O) groups is 1. The Morgan fingerprint density at radius 3 is 0.853 bits per heavy atom. The van der Waals surface area contributed by atoms with Crippen molar-refractivity contribution in [3.63, 3.8) is 0 Å². The molecule has 1 aliphatic rings. The Morgan fingerprint density at radius 2 is 0.589 bits per heavy atom. The minimum Gasteiger partial charge on any atom is -0.394 e. The van der Waals surface area contributed by atoms with E-state index in [2.05, 4.69) is 31.3 Å². The van der Waals surface area contributed by atoms with Crippen molar-refractivity contribution < 1.29 is 39.8 Å². The van der Waals surface area contributed by atoms with Gasteiger partial charge in [0.2, 0.25) is 5.91 Å². The van der Waals surface area contributed by atoms with E-state index in [1.165, 1.54) is 405 Å². The second-order valence-electron chi connectivity index (χ2n) is 30.3. The number of hydrogen-bond donors (Lipinski definition) is 6. The van der Waals surface area contributed by atoms with E-state index in [9.17, 15) is 30.3 Å². The lowest BCUT2D eigenvalue weighted by Gasteiger charge is -2.40. The van der Waals surface area contributed by atoms with E-state index in [1.54, 1.807) is 6.08 Å². The van der Waals surface area contributed by atoms with Gasteiger partial charge in [-0.25, -0.2) is 0 Å². The smallest absolute Gasteiger partial charge is 0.220 e. The van der Waals surface area contributed by atoms with Gasteiger partial charge in [-0.15, -0.1) is 0 Å². The first-order valence-electron chi connectivity index (χ1n) is 43.1. The second-order valence-corrected chi connectivity index (χ2v) is 30.3. The van der Waals surface area contributed by atoms with E-state index in [0.717, 1.165) is 38.5 Å². The van der Waals surface area contributed by atoms with Crippen molar-refractivity contribution in [2.45, 2.75) is 506 Å². The zero-order chi connectivity index (χ0) is 68.5. The molecule has 9 nitrogen and oxygen atoms in total. The molecule has 0 saturated carbocycles. The van der Waals surface area contributed by atoms with E-state index >= 15 is 0 Å². The van der Waals surface area contributed by atoms with Crippen molar-refractivity contribution in [3.05, 3.63) is 24.3 Å². The van der Waals surface area contributed by atoms with Gasteiger partial charge in [-0.1, -0.05) is 436 Å². The van der Waals surface area contributed by atoms with Crippen molar-refractivity contribution in [2.75, 3.05) is 13.2 Å². The van der Waals surface area contributed by atoms with E-state index in [1.807, 2.05) is 6.08 Å². The van der Waals surface area contributed by atoms with E-state index in [-0.39, 0.29) is 12.5 Å². The molecule has 0 bridgehead atoms. The molecular formula is C86H167NO8. The number of aliphatic hydroxyl groups is 5. The summed E-state index contributed by atoms with van der Waals surface area (Å²) in [4.78, 5) is 13.2. The number of aliphatic hydroxyl groups excluding tert-OH is 5. The maximum absolute atomic E-state index is 13.2. The standard InChI is InChI=1S/C86H167NO8/c1-3-5-7-9-11-13-15-17-19-21-23-25-27-29-31-33-35-36-37-38-39-40-41-42-43-44-46-48-50-52-54-56-58-60-62-64-66-68-70-72-74-76-82(90)87-79(78-94-86-85(93)84(92)83(91)81(77-88)95-86)80(89)75-73-71-69-67-65-63-61-59-57-55-53-51-49-47-45-34-32-30-28-26-24-22-20-18-16-14-12-10-8-6-4-2/h21,23,73,75,79-81,83-86,88-89,91-93H,3-20,22,24-72,74,76-78H2,1-2H3,(H,87,90)/b23-21-,75-73+. The molecule has 0 aromatic carbocycles. The van der Waals surface area contributed by atoms with Gasteiger partial charge in [-0.05, 0) is 44.9 Å². The van der Waals surface area contributed by atoms with Crippen LogP contribution in [0.25, 0.3) is 0 Å². The fraction of sp³-hybridized carbons (Fsp3) is 0.942. The predicted molar refractivity (Wildman–Crippen MR) is 410 cm³/mol. The summed E-state index contributed by atoms with van der Waals surface area (Å²) in [5, 5.41) is 55.0. The molecule has 564 valence electrons. The molecule has 1 heterocycles. The molecule has 1 aliphatic heterocycles. The van der Waals surface area contributed by atoms with Crippen LogP contribution in [0.2, 0.25) is 0 Å². The third-order valence-electron chi connectivity index (χ3n) is 21.0. The lowest BCUT2D eigenvalue weighted by atomic mass is 9.99. The third kappa shape index (κ3) is 63.3. The van der Waals surface area contributed by atoms with E-state index < -0.39 is 49.5 Å². The normalized spacial score (nSPS) is 17.5. The van der Waals surface area contributed by atoms with Gasteiger partial charge in [-0.3, -0.25) is 4.79 Å². The number of carbonyl (C=O) groups excluding carboxylic acids is 1. The van der Waals surface area contributed by atoms with Crippen LogP contribution in [0, 0.1) is 0 Å². The van der Waals surface area contributed by atoms with Gasteiger partial charge >= 0.3 is 0 Å². The van der Waals surface area contributed by atoms with Crippen molar-refractivity contribution in [2.24, 2.45) is 0 Å². The van der Waals surface area contributed by atoms with Gasteiger partial charge in [0.25, 0.3) is 0 Å². The topological polar surface area (TPSA) is 149 Å². The molecule has 0 radical (unpaired) electrons. The van der Waals surface area contributed by atoms with Gasteiger partial charge in [0, 0.05) is 6.42 Å². The van der Waals surface area contributed by atoms with Gasteiger partial charge in [0.05, 0.1) is 25.4 Å². The highest BCUT2D eigenvalue weighted by molar-refractivity contribution is 5.76. The molecule has 9 heteroatoms. The summed E-state index contributed by atoms with van der Waals surface area (Å²) in [6, 6.07) is -0.804. The van der Waals surface area contributed by atoms with Crippen LogP contribution in [-0.2, 0) is 14.3 Å². The molecule has 0 aromatic heterocycles. The maximum Gasteiger partial charge on any atom is 0.220 e. The van der Waals surface area contributed by atoms with Crippen molar-refractivity contribution in [3.8, 4) is 0 Å². The summed E-state index contributed by atoms with van der Waals surface area (Å²) in [6.45, 7) is 3.85. The van der Waals surface area contributed by atoms with Crippen molar-refractivity contribution in [1.82, 2.24) is 5.32 Å². The zero-order valence-electron chi connectivity index (χ0n) is 63.7. The summed E-state index contributed by atoms with van der Waals surface area (Å²) >= 11 is 0. The van der Waals surface area contributed by atoms with Gasteiger partial charge in [-0.2, -0.15) is 0 Å². The molecule has 95 heavy (non-hydrogen) atoms. The Hall–Kier alpha value is -1.33. The van der Waals surface area contributed by atoms with Crippen LogP contribution in [0.1, 0.15) is 463 Å². The van der Waals surface area contributed by atoms with E-state index in [4.69, 9.17) is 9.47 Å². The number of unbranched alkanes of at least 4 members (excludes halogenated alkanes) is 66. The molecule has 6 N–H and O–H groups in total. The highest BCUT2D eigenvalue weighted by Gasteiger charge is 2.44. The summed E-state index contributed by atoms with van der Waals surface area (Å²) in [5.74, 6) is -0.165. The number of ether oxygens (including phenoxy) is 2. The van der Waals surface area contributed by atoms with Crippen LogP contribution in [0.15, 0.2) is 24.3 Å². The Labute approximate surface area is 591 Å². The zero-order valence-corrected chi connectivity index (χ0v) is 63.7. The molecule has 7 atom stereocenters. The van der Waals surface area contributed by atoms with Crippen LogP contribution >= 0.6 is 0 Å². The maximum atomic E-state index is 13.2. The summed E-state index contributed by atoms with van der Waals surface area (Å²) in [7, 11) is 0. The quantitative estimate of drug-likeness (QED) is 0.0261. The van der Waals surface area contributed by atoms with Gasteiger partial charge < -0.3 is 40.3 Å². The van der Waals surface area contributed by atoms with Crippen LogP contribution in [0.5, 0.6) is 0 Å². The lowest BCUT2D eigenvalue weighted by molar-refractivity contribution is -0.302. The largest absolute Gasteiger partial charge is 0.394 e. The number of rotatable bonds is 78. The molecule has 0 spiro atoms. The Balaban J connectivity index is 2.02. The molecule has 0 aliphatic carbocycles. The van der Waals surface area contributed by atoms with Crippen molar-refractivity contribution >= 4 is 5.91 Å². The minimum absolute atomic E-state index is 0.165. The Morgan fingerprint density at radius 1 is 0.347 bits per heavy atom. The fourth-order valence-electron chi connectivity index (χ4n) is 14.3. The molecule has 0 aromatic rings. The molecule has 1 fully saturated rings. The highest BCUT2D eigenvalue weighted by atomic mass is 16.7. The van der Waals surface area contributed by atoms with Gasteiger partial charge in [0.15, 0.2) is 6.29 Å². The average Bonchev–Trinajstić information content (AvgIpc) is 0.836.